The highest BCUT2D eigenvalue weighted by atomic mass is 16.5. The molecule has 8 heteroatoms. The number of hydrogen-bond acceptors (Lipinski definition) is 7. The third kappa shape index (κ3) is 7.24. The van der Waals surface area contributed by atoms with Crippen LogP contribution in [0.3, 0.4) is 0 Å². The Hall–Kier alpha value is -5.08. The van der Waals surface area contributed by atoms with E-state index in [4.69, 9.17) is 29.0 Å². The van der Waals surface area contributed by atoms with E-state index in [1.54, 1.807) is 20.3 Å². The number of aliphatic hydroxyl groups is 1. The van der Waals surface area contributed by atoms with Gasteiger partial charge in [0.15, 0.2) is 11.6 Å². The first-order valence-electron chi connectivity index (χ1n) is 15.4. The molecule has 1 aliphatic heterocycles. The van der Waals surface area contributed by atoms with Crippen LogP contribution in [0.15, 0.2) is 115 Å². The van der Waals surface area contributed by atoms with E-state index in [9.17, 15) is 4.79 Å². The number of amides is 1. The van der Waals surface area contributed by atoms with Gasteiger partial charge in [-0.15, -0.1) is 6.58 Å². The van der Waals surface area contributed by atoms with Crippen LogP contribution in [0, 0.1) is 0 Å². The Kier molecular flexibility index (Phi) is 10.7. The minimum Gasteiger partial charge on any atom is -0.497 e. The van der Waals surface area contributed by atoms with Crippen molar-refractivity contribution in [1.29, 1.82) is 0 Å². The summed E-state index contributed by atoms with van der Waals surface area (Å²) in [4.78, 5) is 19.2. The van der Waals surface area contributed by atoms with Crippen molar-refractivity contribution in [3.63, 3.8) is 0 Å². The van der Waals surface area contributed by atoms with Crippen LogP contribution in [-0.2, 0) is 16.0 Å². The molecule has 4 aromatic rings. The van der Waals surface area contributed by atoms with E-state index in [0.717, 1.165) is 33.6 Å². The molecule has 0 unspecified atom stereocenters. The van der Waals surface area contributed by atoms with Crippen molar-refractivity contribution in [3.8, 4) is 28.4 Å². The molecule has 1 heterocycles. The van der Waals surface area contributed by atoms with E-state index >= 15 is 0 Å². The van der Waals surface area contributed by atoms with Crippen LogP contribution in [0.2, 0.25) is 0 Å². The molecular formula is C38H40N2O6. The summed E-state index contributed by atoms with van der Waals surface area (Å²) in [5.41, 5.74) is 3.34. The number of benzene rings is 4. The number of rotatable bonds is 15. The molecule has 0 spiro atoms. The highest BCUT2D eigenvalue weighted by Crippen LogP contribution is 2.43. The zero-order chi connectivity index (χ0) is 32.4. The second-order valence-electron chi connectivity index (χ2n) is 11.0. The number of hydrogen-bond donors (Lipinski definition) is 2. The molecule has 238 valence electrons. The fourth-order valence-corrected chi connectivity index (χ4v) is 5.56. The van der Waals surface area contributed by atoms with Crippen LogP contribution in [0.25, 0.3) is 11.1 Å². The molecule has 2 atom stereocenters. The minimum absolute atomic E-state index is 0.0664. The van der Waals surface area contributed by atoms with Crippen LogP contribution < -0.4 is 19.5 Å². The quantitative estimate of drug-likeness (QED) is 0.119. The Morgan fingerprint density at radius 2 is 1.63 bits per heavy atom. The first-order valence-corrected chi connectivity index (χ1v) is 15.4. The maximum atomic E-state index is 14.2. The normalized spacial score (nSPS) is 17.0. The van der Waals surface area contributed by atoms with Crippen molar-refractivity contribution in [3.05, 3.63) is 126 Å². The van der Waals surface area contributed by atoms with Crippen LogP contribution in [0.1, 0.15) is 35.6 Å². The Balaban J connectivity index is 1.44. The number of nitrogens with one attached hydrogen (secondary N) is 1. The standard InChI is InChI=1S/C38H40N2O6/c1-4-22-38(37(42)39-23-21-31-26-33(43-2)19-20-34(31)44-3)35(29-13-11-28(12-14-29)27-9-6-5-7-10-27)46-36(40-38)30-15-17-32(18-16-30)45-25-8-24-41/h4-7,9-20,26,35,41H,1,8,21-25H2,2-3H3,(H,39,42)/t35-,38-/m1/s1. The Morgan fingerprint density at radius 3 is 2.30 bits per heavy atom. The topological polar surface area (TPSA) is 98.6 Å². The number of methoxy groups -OCH3 is 2. The van der Waals surface area contributed by atoms with Gasteiger partial charge in [0, 0.05) is 31.6 Å². The molecule has 4 aromatic carbocycles. The minimum atomic E-state index is -1.29. The lowest BCUT2D eigenvalue weighted by Gasteiger charge is -2.30. The maximum Gasteiger partial charge on any atom is 0.252 e. The average Bonchev–Trinajstić information content (AvgIpc) is 3.49. The fourth-order valence-electron chi connectivity index (χ4n) is 5.56. The number of ether oxygens (including phenoxy) is 4. The first-order chi connectivity index (χ1) is 22.5. The van der Waals surface area contributed by atoms with Crippen molar-refractivity contribution in [2.75, 3.05) is 34.0 Å². The number of carbonyl (C=O) groups is 1. The Morgan fingerprint density at radius 1 is 0.935 bits per heavy atom. The second kappa shape index (κ2) is 15.3. The molecule has 0 bridgehead atoms. The number of aliphatic imine (C=N–C) groups is 1. The third-order valence-corrected chi connectivity index (χ3v) is 7.97. The zero-order valence-corrected chi connectivity index (χ0v) is 26.3. The van der Waals surface area contributed by atoms with Crippen LogP contribution >= 0.6 is 0 Å². The molecule has 0 fully saturated rings. The lowest BCUT2D eigenvalue weighted by Crippen LogP contribution is -2.48. The number of aliphatic hydroxyl groups excluding tert-OH is 1. The Bertz CT molecular complexity index is 1640. The van der Waals surface area contributed by atoms with Gasteiger partial charge in [-0.25, -0.2) is 4.99 Å². The van der Waals surface area contributed by atoms with Gasteiger partial charge in [-0.1, -0.05) is 60.7 Å². The Labute approximate surface area is 270 Å². The molecule has 1 aliphatic rings. The van der Waals surface area contributed by atoms with E-state index in [1.165, 1.54) is 0 Å². The largest absolute Gasteiger partial charge is 0.497 e. The van der Waals surface area contributed by atoms with Crippen molar-refractivity contribution < 1.29 is 28.8 Å². The predicted molar refractivity (Wildman–Crippen MR) is 180 cm³/mol. The number of nitrogens with zero attached hydrogens (tertiary/aromatic N) is 1. The molecular weight excluding hydrogens is 580 g/mol. The van der Waals surface area contributed by atoms with Crippen molar-refractivity contribution in [1.82, 2.24) is 5.32 Å². The lowest BCUT2D eigenvalue weighted by molar-refractivity contribution is -0.128. The van der Waals surface area contributed by atoms with Gasteiger partial charge in [0.2, 0.25) is 5.90 Å². The third-order valence-electron chi connectivity index (χ3n) is 7.97. The van der Waals surface area contributed by atoms with E-state index in [2.05, 4.69) is 24.0 Å². The van der Waals surface area contributed by atoms with E-state index in [1.807, 2.05) is 84.9 Å². The zero-order valence-electron chi connectivity index (χ0n) is 26.3. The molecule has 0 aromatic heterocycles. The summed E-state index contributed by atoms with van der Waals surface area (Å²) in [5.74, 6) is 2.22. The monoisotopic (exact) mass is 620 g/mol. The summed E-state index contributed by atoms with van der Waals surface area (Å²) in [6.07, 6.45) is 2.35. The van der Waals surface area contributed by atoms with Gasteiger partial charge in [-0.2, -0.15) is 0 Å². The molecule has 0 aliphatic carbocycles. The summed E-state index contributed by atoms with van der Waals surface area (Å²) in [7, 11) is 3.24. The van der Waals surface area contributed by atoms with Gasteiger partial charge in [0.25, 0.3) is 5.91 Å². The fraction of sp³-hybridized carbons (Fsp3) is 0.263. The van der Waals surface area contributed by atoms with Gasteiger partial charge in [-0.3, -0.25) is 4.79 Å². The van der Waals surface area contributed by atoms with Crippen molar-refractivity contribution in [2.45, 2.75) is 30.9 Å². The van der Waals surface area contributed by atoms with Gasteiger partial charge in [0.1, 0.15) is 17.2 Å². The highest BCUT2D eigenvalue weighted by Gasteiger charge is 2.52. The van der Waals surface area contributed by atoms with Gasteiger partial charge in [0.05, 0.1) is 20.8 Å². The average molecular weight is 621 g/mol. The molecule has 46 heavy (non-hydrogen) atoms. The smallest absolute Gasteiger partial charge is 0.252 e. The molecule has 0 saturated carbocycles. The molecule has 2 N–H and O–H groups in total. The molecule has 1 amide bonds. The summed E-state index contributed by atoms with van der Waals surface area (Å²) < 4.78 is 23.2. The first kappa shape index (κ1) is 32.3. The van der Waals surface area contributed by atoms with Crippen LogP contribution in [0.5, 0.6) is 17.2 Å². The van der Waals surface area contributed by atoms with Crippen LogP contribution in [0.4, 0.5) is 0 Å². The SMILES string of the molecule is C=CC[C@@]1(C(=O)NCCc2cc(OC)ccc2OC)N=C(c2ccc(OCCCO)cc2)O[C@@H]1c1ccc(-c2ccccc2)cc1. The summed E-state index contributed by atoms with van der Waals surface area (Å²) in [6, 6.07) is 31.2. The van der Waals surface area contributed by atoms with Gasteiger partial charge < -0.3 is 29.4 Å². The van der Waals surface area contributed by atoms with E-state index in [0.29, 0.717) is 43.4 Å². The van der Waals surface area contributed by atoms with Gasteiger partial charge >= 0.3 is 0 Å². The second-order valence-corrected chi connectivity index (χ2v) is 11.0. The number of carbonyl (C=O) groups excluding carboxylic acids is 1. The molecule has 0 radical (unpaired) electrons. The van der Waals surface area contributed by atoms with Crippen molar-refractivity contribution in [2.24, 2.45) is 4.99 Å². The van der Waals surface area contributed by atoms with Gasteiger partial charge in [-0.05, 0) is 71.1 Å². The van der Waals surface area contributed by atoms with E-state index in [-0.39, 0.29) is 18.9 Å². The highest BCUT2D eigenvalue weighted by molar-refractivity contribution is 6.01. The van der Waals surface area contributed by atoms with Crippen LogP contribution in [-0.4, -0.2) is 56.4 Å². The summed E-state index contributed by atoms with van der Waals surface area (Å²) in [5, 5.41) is 12.2. The van der Waals surface area contributed by atoms with Crippen molar-refractivity contribution >= 4 is 11.8 Å². The molecule has 8 nitrogen and oxygen atoms in total. The molecule has 5 rings (SSSR count). The lowest BCUT2D eigenvalue weighted by atomic mass is 9.84. The molecule has 0 saturated heterocycles. The predicted octanol–water partition coefficient (Wildman–Crippen LogP) is 6.32. The van der Waals surface area contributed by atoms with E-state index < -0.39 is 11.6 Å². The summed E-state index contributed by atoms with van der Waals surface area (Å²) in [6.45, 7) is 4.81. The maximum absolute atomic E-state index is 14.2. The summed E-state index contributed by atoms with van der Waals surface area (Å²) >= 11 is 0.